The molecule has 0 saturated heterocycles. The van der Waals surface area contributed by atoms with Crippen LogP contribution >= 0.6 is 11.6 Å². The van der Waals surface area contributed by atoms with Gasteiger partial charge in [0.1, 0.15) is 5.82 Å². The average molecular weight is 460 g/mol. The van der Waals surface area contributed by atoms with Crippen molar-refractivity contribution in [3.8, 4) is 0 Å². The van der Waals surface area contributed by atoms with E-state index >= 15 is 0 Å². The normalized spacial score (nSPS) is 17.3. The van der Waals surface area contributed by atoms with Crippen molar-refractivity contribution in [2.24, 2.45) is 5.10 Å². The Hall–Kier alpha value is -2.17. The molecule has 1 aliphatic rings. The first-order valence-corrected chi connectivity index (χ1v) is 12.5. The fourth-order valence-corrected chi connectivity index (χ4v) is 4.81. The number of nitrogens with zero attached hydrogens (tertiary/aromatic N) is 2. The van der Waals surface area contributed by atoms with Crippen molar-refractivity contribution < 1.29 is 21.2 Å². The molecule has 0 aliphatic carbocycles. The number of hydrogen-bond acceptors (Lipinski definition) is 5. The first kappa shape index (κ1) is 21.5. The zero-order chi connectivity index (χ0) is 21.4. The maximum absolute atomic E-state index is 14.4. The van der Waals surface area contributed by atoms with Crippen molar-refractivity contribution in [2.75, 3.05) is 16.7 Å². The number of anilines is 1. The van der Waals surface area contributed by atoms with E-state index < -0.39 is 31.9 Å². The van der Waals surface area contributed by atoms with E-state index in [2.05, 4.69) is 9.82 Å². The van der Waals surface area contributed by atoms with Crippen LogP contribution in [0.15, 0.2) is 47.6 Å². The third-order valence-electron chi connectivity index (χ3n) is 4.42. The van der Waals surface area contributed by atoms with Gasteiger partial charge < -0.3 is 0 Å². The van der Waals surface area contributed by atoms with Crippen LogP contribution in [0.4, 0.5) is 10.1 Å². The molecule has 0 fully saturated rings. The Balaban J connectivity index is 1.95. The molecule has 11 heteroatoms. The molecule has 0 spiro atoms. The van der Waals surface area contributed by atoms with Crippen molar-refractivity contribution in [3.63, 3.8) is 0 Å². The number of hydrogen-bond donors (Lipinski definition) is 1. The van der Waals surface area contributed by atoms with Gasteiger partial charge in [-0.15, -0.1) is 0 Å². The first-order chi connectivity index (χ1) is 13.5. The van der Waals surface area contributed by atoms with Crippen molar-refractivity contribution in [3.05, 3.63) is 64.4 Å². The molecule has 0 radical (unpaired) electrons. The number of sulfonamides is 2. The smallest absolute Gasteiger partial charge is 0.247 e. The highest BCUT2D eigenvalue weighted by molar-refractivity contribution is 7.92. The molecule has 0 unspecified atom stereocenters. The SMILES string of the molecule is CCS(=O)(=O)Nc1ccc(C2=NN(S(C)(=O)=O)[C@@H](c3c(F)cccc3Cl)C2)cc1. The molecule has 1 aliphatic heterocycles. The van der Waals surface area contributed by atoms with Crippen LogP contribution in [0, 0.1) is 5.82 Å². The maximum atomic E-state index is 14.4. The van der Waals surface area contributed by atoms with E-state index in [4.69, 9.17) is 11.6 Å². The van der Waals surface area contributed by atoms with Gasteiger partial charge in [0.25, 0.3) is 0 Å². The van der Waals surface area contributed by atoms with E-state index in [1.54, 1.807) is 24.3 Å². The largest absolute Gasteiger partial charge is 0.284 e. The molecule has 1 heterocycles. The van der Waals surface area contributed by atoms with Crippen molar-refractivity contribution >= 4 is 43.0 Å². The van der Waals surface area contributed by atoms with Gasteiger partial charge in [-0.3, -0.25) is 4.72 Å². The van der Waals surface area contributed by atoms with E-state index in [1.165, 1.54) is 25.1 Å². The van der Waals surface area contributed by atoms with Crippen LogP contribution in [0.25, 0.3) is 0 Å². The lowest BCUT2D eigenvalue weighted by Crippen LogP contribution is -2.26. The number of benzene rings is 2. The van der Waals surface area contributed by atoms with Gasteiger partial charge in [-0.25, -0.2) is 21.2 Å². The standard InChI is InChI=1S/C18H19ClFN3O4S2/c1-3-29(26,27)22-13-9-7-12(8-10-13)16-11-17(23(21-16)28(2,24)25)18-14(19)5-4-6-15(18)20/h4-10,17,22H,3,11H2,1-2H3/t17-/m1/s1. The fourth-order valence-electron chi connectivity index (χ4n) is 3.00. The van der Waals surface area contributed by atoms with E-state index in [1.807, 2.05) is 0 Å². The second-order valence-electron chi connectivity index (χ2n) is 6.52. The van der Waals surface area contributed by atoms with Gasteiger partial charge in [-0.05, 0) is 36.8 Å². The number of halogens is 2. The van der Waals surface area contributed by atoms with Gasteiger partial charge in [0.2, 0.25) is 20.0 Å². The summed E-state index contributed by atoms with van der Waals surface area (Å²) in [6.45, 7) is 1.53. The molecule has 2 aromatic rings. The lowest BCUT2D eigenvalue weighted by molar-refractivity contribution is 0.365. The van der Waals surface area contributed by atoms with Gasteiger partial charge in [0.15, 0.2) is 0 Å². The lowest BCUT2D eigenvalue weighted by Gasteiger charge is -2.22. The van der Waals surface area contributed by atoms with Crippen LogP contribution in [-0.4, -0.2) is 39.0 Å². The Morgan fingerprint density at radius 3 is 2.38 bits per heavy atom. The predicted molar refractivity (Wildman–Crippen MR) is 112 cm³/mol. The Kier molecular flexibility index (Phi) is 5.88. The molecule has 156 valence electrons. The summed E-state index contributed by atoms with van der Waals surface area (Å²) in [6, 6.07) is 9.60. The minimum Gasteiger partial charge on any atom is -0.284 e. The Morgan fingerprint density at radius 2 is 1.83 bits per heavy atom. The van der Waals surface area contributed by atoms with Gasteiger partial charge >= 0.3 is 0 Å². The quantitative estimate of drug-likeness (QED) is 0.716. The Bertz CT molecular complexity index is 1150. The van der Waals surface area contributed by atoms with Crippen molar-refractivity contribution in [1.29, 1.82) is 0 Å². The van der Waals surface area contributed by atoms with E-state index in [0.29, 0.717) is 17.0 Å². The second-order valence-corrected chi connectivity index (χ2v) is 10.8. The summed E-state index contributed by atoms with van der Waals surface area (Å²) in [5, 5.41) is 4.30. The molecule has 2 aromatic carbocycles. The summed E-state index contributed by atoms with van der Waals surface area (Å²) in [7, 11) is -7.19. The monoisotopic (exact) mass is 459 g/mol. The number of hydrazone groups is 1. The first-order valence-electron chi connectivity index (χ1n) is 8.63. The van der Waals surface area contributed by atoms with Crippen molar-refractivity contribution in [1.82, 2.24) is 4.41 Å². The summed E-state index contributed by atoms with van der Waals surface area (Å²) in [5.74, 6) is -0.674. The fraction of sp³-hybridized carbons (Fsp3) is 0.278. The average Bonchev–Trinajstić information content (AvgIpc) is 3.07. The summed E-state index contributed by atoms with van der Waals surface area (Å²) >= 11 is 6.14. The third-order valence-corrected chi connectivity index (χ3v) is 7.07. The van der Waals surface area contributed by atoms with Gasteiger partial charge in [0.05, 0.1) is 23.8 Å². The predicted octanol–water partition coefficient (Wildman–Crippen LogP) is 3.35. The highest BCUT2D eigenvalue weighted by Crippen LogP contribution is 2.39. The molecular formula is C18H19ClFN3O4S2. The third kappa shape index (κ3) is 4.71. The van der Waals surface area contributed by atoms with Crippen LogP contribution in [-0.2, 0) is 20.0 Å². The number of rotatable bonds is 6. The molecular weight excluding hydrogens is 441 g/mol. The summed E-state index contributed by atoms with van der Waals surface area (Å²) in [6.07, 6.45) is 1.11. The van der Waals surface area contributed by atoms with Crippen LogP contribution in [0.2, 0.25) is 5.02 Å². The topological polar surface area (TPSA) is 95.9 Å². The van der Waals surface area contributed by atoms with Gasteiger partial charge in [-0.1, -0.05) is 29.8 Å². The molecule has 0 amide bonds. The Labute approximate surface area is 174 Å². The summed E-state index contributed by atoms with van der Waals surface area (Å²) in [4.78, 5) is 0. The van der Waals surface area contributed by atoms with Crippen LogP contribution in [0.5, 0.6) is 0 Å². The zero-order valence-corrected chi connectivity index (χ0v) is 18.0. The van der Waals surface area contributed by atoms with E-state index in [9.17, 15) is 21.2 Å². The summed E-state index contributed by atoms with van der Waals surface area (Å²) in [5.41, 5.74) is 1.45. The lowest BCUT2D eigenvalue weighted by atomic mass is 9.98. The summed E-state index contributed by atoms with van der Waals surface area (Å²) < 4.78 is 65.5. The molecule has 0 aromatic heterocycles. The molecule has 1 atom stereocenters. The van der Waals surface area contributed by atoms with Crippen LogP contribution in [0.3, 0.4) is 0 Å². The highest BCUT2D eigenvalue weighted by Gasteiger charge is 2.37. The van der Waals surface area contributed by atoms with E-state index in [-0.39, 0.29) is 22.8 Å². The molecule has 1 N–H and O–H groups in total. The van der Waals surface area contributed by atoms with Crippen molar-refractivity contribution in [2.45, 2.75) is 19.4 Å². The molecule has 29 heavy (non-hydrogen) atoms. The zero-order valence-electron chi connectivity index (χ0n) is 15.6. The minimum absolute atomic E-state index is 0.0597. The molecule has 0 bridgehead atoms. The van der Waals surface area contributed by atoms with Gasteiger partial charge in [0, 0.05) is 22.7 Å². The van der Waals surface area contributed by atoms with Crippen LogP contribution < -0.4 is 4.72 Å². The molecule has 3 rings (SSSR count). The number of nitrogens with one attached hydrogen (secondary N) is 1. The second kappa shape index (κ2) is 7.92. The molecule has 7 nitrogen and oxygen atoms in total. The van der Waals surface area contributed by atoms with E-state index in [0.717, 1.165) is 10.7 Å². The van der Waals surface area contributed by atoms with Crippen LogP contribution in [0.1, 0.15) is 30.5 Å². The Morgan fingerprint density at radius 1 is 1.17 bits per heavy atom. The maximum Gasteiger partial charge on any atom is 0.247 e. The van der Waals surface area contributed by atoms with Gasteiger partial charge in [-0.2, -0.15) is 9.52 Å². The minimum atomic E-state index is -3.78. The highest BCUT2D eigenvalue weighted by atomic mass is 35.5. The molecule has 0 saturated carbocycles.